The van der Waals surface area contributed by atoms with Crippen LogP contribution in [0.15, 0.2) is 77.2 Å². The Kier molecular flexibility index (Phi) is 4.36. The second-order valence-corrected chi connectivity index (χ2v) is 3.77. The van der Waals surface area contributed by atoms with Crippen LogP contribution < -0.4 is 0 Å². The van der Waals surface area contributed by atoms with Crippen molar-refractivity contribution in [2.24, 2.45) is 10.2 Å². The van der Waals surface area contributed by atoms with Crippen molar-refractivity contribution in [2.45, 2.75) is 6.42 Å². The Morgan fingerprint density at radius 2 is 1.44 bits per heavy atom. The third-order valence-corrected chi connectivity index (χ3v) is 2.42. The quantitative estimate of drug-likeness (QED) is 0.662. The van der Waals surface area contributed by atoms with Gasteiger partial charge in [-0.3, -0.25) is 0 Å². The summed E-state index contributed by atoms with van der Waals surface area (Å²) in [6.07, 6.45) is 2.62. The summed E-state index contributed by atoms with van der Waals surface area (Å²) in [6.45, 7) is 0. The summed E-state index contributed by atoms with van der Waals surface area (Å²) in [7, 11) is 0. The Morgan fingerprint density at radius 1 is 0.833 bits per heavy atom. The molecule has 0 saturated heterocycles. The molecule has 0 fully saturated rings. The molecule has 0 aliphatic heterocycles. The number of nitrogens with zero attached hydrogens (tertiary/aromatic N) is 2. The molecule has 18 heavy (non-hydrogen) atoms. The van der Waals surface area contributed by atoms with Crippen molar-refractivity contribution in [3.8, 4) is 0 Å². The maximum atomic E-state index is 11.9. The van der Waals surface area contributed by atoms with Crippen LogP contribution in [0, 0.1) is 0 Å². The normalized spacial score (nSPS) is 11.4. The molecule has 0 unspecified atom stereocenters. The molecule has 2 aromatic carbocycles. The largest absolute Gasteiger partial charge is 0.216 e. The fourth-order valence-corrected chi connectivity index (χ4v) is 1.49. The topological polar surface area (TPSA) is 24.7 Å². The maximum absolute atomic E-state index is 11.9. The van der Waals surface area contributed by atoms with Gasteiger partial charge in [0.1, 0.15) is 0 Å². The van der Waals surface area contributed by atoms with Gasteiger partial charge in [-0.1, -0.05) is 36.4 Å². The minimum atomic E-state index is 0.559. The lowest BCUT2D eigenvalue weighted by atomic mass is 10.1. The average Bonchev–Trinajstić information content (AvgIpc) is 2.45. The van der Waals surface area contributed by atoms with E-state index in [4.69, 9.17) is 0 Å². The van der Waals surface area contributed by atoms with Gasteiger partial charge in [0.2, 0.25) is 0 Å². The summed E-state index contributed by atoms with van der Waals surface area (Å²) in [6, 6.07) is 17.1. The first-order valence-electron chi connectivity index (χ1n) is 5.69. The van der Waals surface area contributed by atoms with Crippen LogP contribution in [0.5, 0.6) is 0 Å². The van der Waals surface area contributed by atoms with Crippen LogP contribution in [-0.2, 0) is 6.42 Å². The van der Waals surface area contributed by atoms with Crippen LogP contribution in [0.25, 0.3) is 0 Å². The zero-order chi connectivity index (χ0) is 12.6. The Hall–Kier alpha value is -2.29. The monoisotopic (exact) mass is 240 g/mol. The number of hydrogen-bond acceptors (Lipinski definition) is 2. The summed E-state index contributed by atoms with van der Waals surface area (Å²) in [5, 5.41) is 8.25. The molecule has 3 heteroatoms. The third-order valence-electron chi connectivity index (χ3n) is 2.42. The van der Waals surface area contributed by atoms with Gasteiger partial charge in [0.25, 0.3) is 0 Å². The lowest BCUT2D eigenvalue weighted by molar-refractivity contribution is 0.716. The minimum absolute atomic E-state index is 0.559. The van der Waals surface area contributed by atoms with Crippen molar-refractivity contribution < 1.29 is 4.39 Å². The maximum Gasteiger partial charge on any atom is 0.0857 e. The zero-order valence-corrected chi connectivity index (χ0v) is 9.83. The number of rotatable bonds is 4. The Labute approximate surface area is 106 Å². The number of benzene rings is 2. The zero-order valence-electron chi connectivity index (χ0n) is 9.83. The highest BCUT2D eigenvalue weighted by atomic mass is 19.1. The highest BCUT2D eigenvalue weighted by Crippen LogP contribution is 2.18. The van der Waals surface area contributed by atoms with E-state index in [2.05, 4.69) is 10.2 Å². The lowest BCUT2D eigenvalue weighted by Crippen LogP contribution is -1.78. The van der Waals surface area contributed by atoms with E-state index < -0.39 is 0 Å². The minimum Gasteiger partial charge on any atom is -0.216 e. The van der Waals surface area contributed by atoms with Gasteiger partial charge in [-0.15, -0.1) is 0 Å². The van der Waals surface area contributed by atoms with Gasteiger partial charge in [-0.05, 0) is 36.2 Å². The molecular formula is C15H13FN2. The molecule has 0 bridgehead atoms. The molecule has 0 spiro atoms. The molecule has 90 valence electrons. The van der Waals surface area contributed by atoms with Crippen LogP contribution in [0.4, 0.5) is 15.8 Å². The number of halogens is 1. The highest BCUT2D eigenvalue weighted by molar-refractivity contribution is 5.41. The number of azo groups is 1. The fraction of sp³-hybridized carbons (Fsp3) is 0.0667. The van der Waals surface area contributed by atoms with E-state index in [1.165, 1.54) is 6.08 Å². The summed E-state index contributed by atoms with van der Waals surface area (Å²) in [4.78, 5) is 0. The molecule has 0 radical (unpaired) electrons. The predicted octanol–water partition coefficient (Wildman–Crippen LogP) is 5.13. The standard InChI is InChI=1S/C15H13FN2/c16-12-4-5-13-8-10-15(11-9-13)18-17-14-6-2-1-3-7-14/h1-4,6-12H,5H2. The first-order valence-corrected chi connectivity index (χ1v) is 5.69. The van der Waals surface area contributed by atoms with Crippen LogP contribution in [0.1, 0.15) is 5.56 Å². The van der Waals surface area contributed by atoms with Gasteiger partial charge >= 0.3 is 0 Å². The van der Waals surface area contributed by atoms with Gasteiger partial charge in [0, 0.05) is 0 Å². The average molecular weight is 240 g/mol. The summed E-state index contributed by atoms with van der Waals surface area (Å²) in [5.74, 6) is 0. The Bertz CT molecular complexity index is 530. The summed E-state index contributed by atoms with van der Waals surface area (Å²) < 4.78 is 11.9. The van der Waals surface area contributed by atoms with Crippen LogP contribution in [-0.4, -0.2) is 0 Å². The molecule has 2 nitrogen and oxygen atoms in total. The summed E-state index contributed by atoms with van der Waals surface area (Å²) in [5.41, 5.74) is 2.65. The molecule has 2 aromatic rings. The third kappa shape index (κ3) is 3.63. The van der Waals surface area contributed by atoms with Crippen molar-refractivity contribution in [3.05, 3.63) is 72.6 Å². The Morgan fingerprint density at radius 3 is 2.06 bits per heavy atom. The van der Waals surface area contributed by atoms with E-state index in [-0.39, 0.29) is 0 Å². The first-order chi connectivity index (χ1) is 8.88. The molecule has 0 aromatic heterocycles. The second kappa shape index (κ2) is 6.45. The highest BCUT2D eigenvalue weighted by Gasteiger charge is 1.92. The molecular weight excluding hydrogens is 227 g/mol. The lowest BCUT2D eigenvalue weighted by Gasteiger charge is -1.96. The molecule has 0 amide bonds. The van der Waals surface area contributed by atoms with E-state index in [0.29, 0.717) is 12.8 Å². The molecule has 2 rings (SSSR count). The van der Waals surface area contributed by atoms with Crippen LogP contribution >= 0.6 is 0 Å². The predicted molar refractivity (Wildman–Crippen MR) is 71.0 cm³/mol. The first kappa shape index (κ1) is 12.2. The van der Waals surface area contributed by atoms with Crippen molar-refractivity contribution in [2.75, 3.05) is 0 Å². The van der Waals surface area contributed by atoms with Crippen molar-refractivity contribution in [1.29, 1.82) is 0 Å². The molecule has 0 atom stereocenters. The number of hydrogen-bond donors (Lipinski definition) is 0. The molecule has 0 aliphatic rings. The van der Waals surface area contributed by atoms with Gasteiger partial charge in [-0.2, -0.15) is 10.2 Å². The fourth-order valence-electron chi connectivity index (χ4n) is 1.49. The molecule has 0 saturated carbocycles. The van der Waals surface area contributed by atoms with Gasteiger partial charge < -0.3 is 0 Å². The van der Waals surface area contributed by atoms with E-state index in [1.807, 2.05) is 54.6 Å². The van der Waals surface area contributed by atoms with Crippen LogP contribution in [0.3, 0.4) is 0 Å². The Balaban J connectivity index is 2.04. The van der Waals surface area contributed by atoms with Gasteiger partial charge in [0.15, 0.2) is 0 Å². The van der Waals surface area contributed by atoms with E-state index >= 15 is 0 Å². The van der Waals surface area contributed by atoms with Crippen LogP contribution in [0.2, 0.25) is 0 Å². The van der Waals surface area contributed by atoms with E-state index in [9.17, 15) is 4.39 Å². The molecule has 0 aliphatic carbocycles. The van der Waals surface area contributed by atoms with Crippen molar-refractivity contribution in [1.82, 2.24) is 0 Å². The SMILES string of the molecule is FC=CCc1ccc(N=Nc2ccccc2)cc1. The number of allylic oxidation sites excluding steroid dienone is 1. The van der Waals surface area contributed by atoms with E-state index in [1.54, 1.807) is 0 Å². The summed E-state index contributed by atoms with van der Waals surface area (Å²) >= 11 is 0. The molecule has 0 N–H and O–H groups in total. The second-order valence-electron chi connectivity index (χ2n) is 3.77. The smallest absolute Gasteiger partial charge is 0.0857 e. The van der Waals surface area contributed by atoms with Gasteiger partial charge in [0.05, 0.1) is 17.7 Å². The van der Waals surface area contributed by atoms with Crippen molar-refractivity contribution >= 4 is 11.4 Å². The van der Waals surface area contributed by atoms with Gasteiger partial charge in [-0.25, -0.2) is 4.39 Å². The van der Waals surface area contributed by atoms with Crippen molar-refractivity contribution in [3.63, 3.8) is 0 Å². The molecule has 0 heterocycles. The van der Waals surface area contributed by atoms with E-state index in [0.717, 1.165) is 16.9 Å².